The van der Waals surface area contributed by atoms with Crippen LogP contribution in [0.1, 0.15) is 18.4 Å². The molecule has 1 aromatic carbocycles. The topological polar surface area (TPSA) is 46.5 Å². The van der Waals surface area contributed by atoms with Crippen LogP contribution >= 0.6 is 0 Å². The van der Waals surface area contributed by atoms with Gasteiger partial charge in [0, 0.05) is 32.6 Å². The van der Waals surface area contributed by atoms with Crippen LogP contribution in [0.5, 0.6) is 0 Å². The van der Waals surface area contributed by atoms with Crippen LogP contribution in [-0.2, 0) is 10.9 Å². The predicted molar refractivity (Wildman–Crippen MR) is 91.4 cm³/mol. The van der Waals surface area contributed by atoms with E-state index in [-0.39, 0.29) is 11.8 Å². The molecule has 2 amide bonds. The Kier molecular flexibility index (Phi) is 5.22. The molecule has 0 radical (unpaired) electrons. The SMILES string of the molecule is CN(C[C@@H]1CCCO1)C(=O)Nc1cc(C(F)(F)F)ccc1-n1cccc1. The van der Waals surface area contributed by atoms with Crippen molar-refractivity contribution in [3.8, 4) is 5.69 Å². The van der Waals surface area contributed by atoms with Crippen molar-refractivity contribution in [3.05, 3.63) is 48.3 Å². The molecule has 0 unspecified atom stereocenters. The first-order valence-electron chi connectivity index (χ1n) is 8.33. The van der Waals surface area contributed by atoms with Crippen LogP contribution in [0, 0.1) is 0 Å². The number of hydrogen-bond donors (Lipinski definition) is 1. The van der Waals surface area contributed by atoms with Gasteiger partial charge < -0.3 is 19.5 Å². The Bertz CT molecular complexity index is 754. The molecule has 0 bridgehead atoms. The minimum absolute atomic E-state index is 0.0313. The molecular formula is C18H20F3N3O2. The van der Waals surface area contributed by atoms with E-state index in [2.05, 4.69) is 5.32 Å². The second-order valence-electron chi connectivity index (χ2n) is 6.27. The van der Waals surface area contributed by atoms with Crippen molar-refractivity contribution in [2.45, 2.75) is 25.1 Å². The van der Waals surface area contributed by atoms with Crippen LogP contribution in [0.15, 0.2) is 42.7 Å². The zero-order chi connectivity index (χ0) is 18.7. The van der Waals surface area contributed by atoms with Crippen molar-refractivity contribution < 1.29 is 22.7 Å². The molecular weight excluding hydrogens is 347 g/mol. The summed E-state index contributed by atoms with van der Waals surface area (Å²) in [6.45, 7) is 1.06. The van der Waals surface area contributed by atoms with Gasteiger partial charge in [0.2, 0.25) is 0 Å². The highest BCUT2D eigenvalue weighted by atomic mass is 19.4. The van der Waals surface area contributed by atoms with Crippen LogP contribution < -0.4 is 5.32 Å². The molecule has 1 aliphatic heterocycles. The van der Waals surface area contributed by atoms with E-state index in [4.69, 9.17) is 4.74 Å². The number of amides is 2. The molecule has 1 N–H and O–H groups in total. The number of carbonyl (C=O) groups excluding carboxylic acids is 1. The molecule has 140 valence electrons. The van der Waals surface area contributed by atoms with Crippen LogP contribution in [0.3, 0.4) is 0 Å². The molecule has 0 aliphatic carbocycles. The summed E-state index contributed by atoms with van der Waals surface area (Å²) in [5.41, 5.74) is -0.257. The molecule has 3 rings (SSSR count). The summed E-state index contributed by atoms with van der Waals surface area (Å²) in [4.78, 5) is 13.9. The van der Waals surface area contributed by atoms with Crippen molar-refractivity contribution in [1.82, 2.24) is 9.47 Å². The number of nitrogens with zero attached hydrogens (tertiary/aromatic N) is 2. The maximum Gasteiger partial charge on any atom is 0.416 e. The molecule has 5 nitrogen and oxygen atoms in total. The second kappa shape index (κ2) is 7.41. The fraction of sp³-hybridized carbons (Fsp3) is 0.389. The maximum atomic E-state index is 13.1. The van der Waals surface area contributed by atoms with Gasteiger partial charge in [-0.1, -0.05) is 0 Å². The fourth-order valence-corrected chi connectivity index (χ4v) is 2.92. The van der Waals surface area contributed by atoms with E-state index in [0.29, 0.717) is 18.8 Å². The van der Waals surface area contributed by atoms with Gasteiger partial charge in [-0.15, -0.1) is 0 Å². The Morgan fingerprint density at radius 2 is 2.08 bits per heavy atom. The lowest BCUT2D eigenvalue weighted by Crippen LogP contribution is -2.37. The smallest absolute Gasteiger partial charge is 0.376 e. The van der Waals surface area contributed by atoms with Gasteiger partial charge in [-0.2, -0.15) is 13.2 Å². The van der Waals surface area contributed by atoms with Gasteiger partial charge in [0.15, 0.2) is 0 Å². The van der Waals surface area contributed by atoms with Gasteiger partial charge in [0.1, 0.15) is 0 Å². The first kappa shape index (κ1) is 18.3. The number of urea groups is 1. The highest BCUT2D eigenvalue weighted by molar-refractivity contribution is 5.91. The third-order valence-electron chi connectivity index (χ3n) is 4.30. The summed E-state index contributed by atoms with van der Waals surface area (Å²) in [5, 5.41) is 2.60. The van der Waals surface area contributed by atoms with E-state index in [9.17, 15) is 18.0 Å². The third-order valence-corrected chi connectivity index (χ3v) is 4.30. The lowest BCUT2D eigenvalue weighted by Gasteiger charge is -2.22. The number of aromatic nitrogens is 1. The van der Waals surface area contributed by atoms with Crippen molar-refractivity contribution in [1.29, 1.82) is 0 Å². The summed E-state index contributed by atoms with van der Waals surface area (Å²) in [5.74, 6) is 0. The van der Waals surface area contributed by atoms with E-state index in [0.717, 1.165) is 25.0 Å². The monoisotopic (exact) mass is 367 g/mol. The van der Waals surface area contributed by atoms with Crippen LogP contribution in [0.2, 0.25) is 0 Å². The lowest BCUT2D eigenvalue weighted by molar-refractivity contribution is -0.137. The average Bonchev–Trinajstić information content (AvgIpc) is 3.27. The Labute approximate surface area is 149 Å². The summed E-state index contributed by atoms with van der Waals surface area (Å²) in [6.07, 6.45) is 0.707. The Morgan fingerprint density at radius 1 is 1.35 bits per heavy atom. The van der Waals surface area contributed by atoms with Crippen molar-refractivity contribution >= 4 is 11.7 Å². The Morgan fingerprint density at radius 3 is 2.69 bits per heavy atom. The van der Waals surface area contributed by atoms with Crippen LogP contribution in [0.25, 0.3) is 5.69 Å². The first-order valence-corrected chi connectivity index (χ1v) is 8.33. The standard InChI is InChI=1S/C18H20F3N3O2/c1-23(12-14-5-4-10-26-14)17(25)22-15-11-13(18(19,20)21)6-7-16(15)24-8-2-3-9-24/h2-3,6-9,11,14H,4-5,10,12H2,1H3,(H,22,25)/t14-/m0/s1. The van der Waals surface area contributed by atoms with E-state index in [1.807, 2.05) is 0 Å². The second-order valence-corrected chi connectivity index (χ2v) is 6.27. The predicted octanol–water partition coefficient (Wildman–Crippen LogP) is 4.14. The first-order chi connectivity index (χ1) is 12.3. The number of rotatable bonds is 4. The number of ether oxygens (including phenoxy) is 1. The van der Waals surface area contributed by atoms with Crippen molar-refractivity contribution in [2.24, 2.45) is 0 Å². The molecule has 0 saturated carbocycles. The summed E-state index contributed by atoms with van der Waals surface area (Å²) < 4.78 is 46.3. The third kappa shape index (κ3) is 4.19. The van der Waals surface area contributed by atoms with Crippen LogP contribution in [-0.4, -0.2) is 41.8 Å². The van der Waals surface area contributed by atoms with E-state index < -0.39 is 17.8 Å². The number of hydrogen-bond acceptors (Lipinski definition) is 2. The normalized spacial score (nSPS) is 17.3. The van der Waals surface area contributed by atoms with Gasteiger partial charge in [-0.3, -0.25) is 0 Å². The van der Waals surface area contributed by atoms with E-state index >= 15 is 0 Å². The molecule has 1 atom stereocenters. The minimum atomic E-state index is -4.49. The molecule has 1 aliphatic rings. The van der Waals surface area contributed by atoms with Crippen molar-refractivity contribution in [3.63, 3.8) is 0 Å². The molecule has 8 heteroatoms. The van der Waals surface area contributed by atoms with Gasteiger partial charge in [-0.25, -0.2) is 4.79 Å². The maximum absolute atomic E-state index is 13.1. The highest BCUT2D eigenvalue weighted by Gasteiger charge is 2.31. The van der Waals surface area contributed by atoms with Gasteiger partial charge in [0.05, 0.1) is 23.0 Å². The molecule has 0 spiro atoms. The zero-order valence-electron chi connectivity index (χ0n) is 14.3. The number of benzene rings is 1. The molecule has 1 aromatic heterocycles. The van der Waals surface area contributed by atoms with E-state index in [1.165, 1.54) is 11.0 Å². The van der Waals surface area contributed by atoms with Crippen LogP contribution in [0.4, 0.5) is 23.7 Å². The average molecular weight is 367 g/mol. The van der Waals surface area contributed by atoms with Gasteiger partial charge >= 0.3 is 12.2 Å². The molecule has 1 saturated heterocycles. The molecule has 2 heterocycles. The summed E-state index contributed by atoms with van der Waals surface area (Å²) >= 11 is 0. The molecule has 2 aromatic rings. The number of carbonyl (C=O) groups is 1. The highest BCUT2D eigenvalue weighted by Crippen LogP contribution is 2.33. The van der Waals surface area contributed by atoms with Gasteiger partial charge in [-0.05, 0) is 43.2 Å². The number of halogens is 3. The fourth-order valence-electron chi connectivity index (χ4n) is 2.92. The molecule has 26 heavy (non-hydrogen) atoms. The minimum Gasteiger partial charge on any atom is -0.376 e. The number of likely N-dealkylation sites (N-methyl/N-ethyl adjacent to an activating group) is 1. The quantitative estimate of drug-likeness (QED) is 0.883. The number of alkyl halides is 3. The van der Waals surface area contributed by atoms with Gasteiger partial charge in [0.25, 0.3) is 0 Å². The summed E-state index contributed by atoms with van der Waals surface area (Å²) in [6, 6.07) is 6.33. The Hall–Kier alpha value is -2.48. The Balaban J connectivity index is 1.82. The number of nitrogens with one attached hydrogen (secondary N) is 1. The number of anilines is 1. The molecule has 1 fully saturated rings. The van der Waals surface area contributed by atoms with Crippen molar-refractivity contribution in [2.75, 3.05) is 25.5 Å². The zero-order valence-corrected chi connectivity index (χ0v) is 14.3. The largest absolute Gasteiger partial charge is 0.416 e. The lowest BCUT2D eigenvalue weighted by atomic mass is 10.1. The summed E-state index contributed by atoms with van der Waals surface area (Å²) in [7, 11) is 1.60. The van der Waals surface area contributed by atoms with E-state index in [1.54, 1.807) is 36.1 Å².